The van der Waals surface area contributed by atoms with Crippen LogP contribution in [0.15, 0.2) is 54.6 Å². The van der Waals surface area contributed by atoms with Crippen LogP contribution in [0.25, 0.3) is 0 Å². The minimum absolute atomic E-state index is 0.304. The Morgan fingerprint density at radius 2 is 1.45 bits per heavy atom. The van der Waals surface area contributed by atoms with Crippen LogP contribution >= 0.6 is 0 Å². The molecule has 6 nitrogen and oxygen atoms in total. The topological polar surface area (TPSA) is 73.9 Å². The van der Waals surface area contributed by atoms with Crippen molar-refractivity contribution in [2.24, 2.45) is 0 Å². The zero-order valence-electron chi connectivity index (χ0n) is 17.3. The maximum Gasteiger partial charge on any atom is 0.463 e. The second-order valence-corrected chi connectivity index (χ2v) is 10.0. The first kappa shape index (κ1) is 20.4. The van der Waals surface area contributed by atoms with Gasteiger partial charge in [0.15, 0.2) is 0 Å². The Bertz CT molecular complexity index is 1010. The number of rotatable bonds is 3. The molecule has 2 aromatic carbocycles. The molecule has 2 aliphatic rings. The summed E-state index contributed by atoms with van der Waals surface area (Å²) in [5, 5.41) is 0. The molecule has 2 aromatic rings. The molecule has 2 aliphatic heterocycles. The highest BCUT2D eigenvalue weighted by Crippen LogP contribution is 2.51. The Morgan fingerprint density at radius 3 is 2.07 bits per heavy atom. The van der Waals surface area contributed by atoms with Crippen LogP contribution in [-0.2, 0) is 25.2 Å². The van der Waals surface area contributed by atoms with Gasteiger partial charge in [-0.2, -0.15) is 13.1 Å². The van der Waals surface area contributed by atoms with Gasteiger partial charge in [-0.1, -0.05) is 55.5 Å². The Balaban J connectivity index is 1.93. The average Bonchev–Trinajstić information content (AvgIpc) is 2.87. The van der Waals surface area contributed by atoms with E-state index in [-0.39, 0.29) is 0 Å². The van der Waals surface area contributed by atoms with Crippen LogP contribution < -0.4 is 8.91 Å². The predicted molar refractivity (Wildman–Crippen MR) is 112 cm³/mol. The number of hydrogen-bond acceptors (Lipinski definition) is 5. The van der Waals surface area contributed by atoms with Crippen LogP contribution in [0.2, 0.25) is 5.82 Å². The van der Waals surface area contributed by atoms with Crippen molar-refractivity contribution in [3.05, 3.63) is 65.7 Å². The van der Waals surface area contributed by atoms with E-state index in [1.54, 1.807) is 12.1 Å². The lowest BCUT2D eigenvalue weighted by atomic mass is 9.58. The summed E-state index contributed by atoms with van der Waals surface area (Å²) in [6, 6.07) is 16.7. The summed E-state index contributed by atoms with van der Waals surface area (Å²) in [6.45, 7) is 9.88. The van der Waals surface area contributed by atoms with E-state index in [0.29, 0.717) is 5.75 Å². The molecule has 1 N–H and O–H groups in total. The minimum Gasteiger partial charge on any atom is -0.403 e. The summed E-state index contributed by atoms with van der Waals surface area (Å²) in [7, 11) is -4.68. The van der Waals surface area contributed by atoms with Crippen molar-refractivity contribution < 1.29 is 21.9 Å². The monoisotopic (exact) mass is 415 g/mol. The van der Waals surface area contributed by atoms with E-state index in [1.165, 1.54) is 0 Å². The molecule has 29 heavy (non-hydrogen) atoms. The average molecular weight is 415 g/mol. The summed E-state index contributed by atoms with van der Waals surface area (Å²) >= 11 is 0. The van der Waals surface area contributed by atoms with Crippen LogP contribution in [0.3, 0.4) is 0 Å². The summed E-state index contributed by atoms with van der Waals surface area (Å²) in [5.74, 6) is -0.0933. The molecule has 2 atom stereocenters. The molecule has 0 aliphatic carbocycles. The van der Waals surface area contributed by atoms with Gasteiger partial charge in [0.25, 0.3) is 0 Å². The predicted octanol–water partition coefficient (Wildman–Crippen LogP) is 3.64. The first-order valence-corrected chi connectivity index (χ1v) is 11.1. The molecule has 1 saturated heterocycles. The highest BCUT2D eigenvalue weighted by Gasteiger charge is 2.60. The summed E-state index contributed by atoms with van der Waals surface area (Å²) < 4.78 is 46.2. The highest BCUT2D eigenvalue weighted by atomic mass is 32.2. The molecule has 154 valence electrons. The lowest BCUT2D eigenvalue weighted by molar-refractivity contribution is 0.00578. The van der Waals surface area contributed by atoms with E-state index in [4.69, 9.17) is 13.5 Å². The molecule has 0 saturated carbocycles. The molecule has 0 radical (unpaired) electrons. The van der Waals surface area contributed by atoms with Gasteiger partial charge in [-0.3, -0.25) is 0 Å². The van der Waals surface area contributed by atoms with Crippen LogP contribution in [-0.4, -0.2) is 26.7 Å². The molecule has 0 unspecified atom stereocenters. The van der Waals surface area contributed by atoms with E-state index >= 15 is 0 Å². The van der Waals surface area contributed by atoms with Gasteiger partial charge < -0.3 is 13.5 Å². The second kappa shape index (κ2) is 6.57. The van der Waals surface area contributed by atoms with Gasteiger partial charge in [0, 0.05) is 11.4 Å². The Kier molecular flexibility index (Phi) is 4.62. The van der Waals surface area contributed by atoms with Gasteiger partial charge in [0.1, 0.15) is 5.75 Å². The third-order valence-corrected chi connectivity index (χ3v) is 7.36. The molecule has 2 heterocycles. The van der Waals surface area contributed by atoms with Crippen LogP contribution in [0.5, 0.6) is 5.75 Å². The zero-order valence-corrected chi connectivity index (χ0v) is 18.1. The normalized spacial score (nSPS) is 27.7. The van der Waals surface area contributed by atoms with Gasteiger partial charge in [0.05, 0.1) is 16.7 Å². The Hall–Kier alpha value is -1.87. The van der Waals surface area contributed by atoms with Crippen LogP contribution in [0, 0.1) is 0 Å². The zero-order chi connectivity index (χ0) is 21.1. The molecular formula is C21H26BNO5S. The van der Waals surface area contributed by atoms with Crippen molar-refractivity contribution in [3.8, 4) is 5.75 Å². The molecule has 0 bridgehead atoms. The van der Waals surface area contributed by atoms with Crippen LogP contribution in [0.4, 0.5) is 0 Å². The fraction of sp³-hybridized carbons (Fsp3) is 0.429. The molecular weight excluding hydrogens is 389 g/mol. The third-order valence-electron chi connectivity index (χ3n) is 6.39. The lowest BCUT2D eigenvalue weighted by Crippen LogP contribution is -2.56. The van der Waals surface area contributed by atoms with Crippen LogP contribution in [0.1, 0.15) is 45.7 Å². The van der Waals surface area contributed by atoms with Crippen molar-refractivity contribution in [2.45, 2.75) is 57.2 Å². The van der Waals surface area contributed by atoms with Crippen molar-refractivity contribution >= 4 is 17.4 Å². The van der Waals surface area contributed by atoms with E-state index in [1.807, 2.05) is 77.1 Å². The highest BCUT2D eigenvalue weighted by molar-refractivity contribution is 7.85. The molecule has 1 fully saturated rings. The Morgan fingerprint density at radius 1 is 0.897 bits per heavy atom. The Labute approximate surface area is 173 Å². The minimum atomic E-state index is -4.05. The summed E-state index contributed by atoms with van der Waals surface area (Å²) in [4.78, 5) is 0. The smallest absolute Gasteiger partial charge is 0.403 e. The molecule has 0 aromatic heterocycles. The van der Waals surface area contributed by atoms with Gasteiger partial charge >= 0.3 is 17.4 Å². The molecule has 0 spiro atoms. The lowest BCUT2D eigenvalue weighted by Gasteiger charge is -2.44. The van der Waals surface area contributed by atoms with Gasteiger partial charge in [-0.15, -0.1) is 0 Å². The molecule has 4 rings (SSSR count). The standard InChI is InChI=1S/C21H26BNO5S/c1-15(22-27-19(2,3)20(4,5)28-22)21(16-11-7-6-8-12-16)17-13-9-10-14-18(17)26-29(24,25)23-21/h6-15,23H,1-5H3/t15-,21-/m1/s1. The third kappa shape index (κ3) is 3.19. The first-order chi connectivity index (χ1) is 13.5. The van der Waals surface area contributed by atoms with E-state index < -0.39 is 40.0 Å². The summed E-state index contributed by atoms with van der Waals surface area (Å²) in [5.41, 5.74) is -0.665. The fourth-order valence-corrected chi connectivity index (χ4v) is 5.30. The van der Waals surface area contributed by atoms with E-state index in [2.05, 4.69) is 4.72 Å². The second-order valence-electron chi connectivity index (χ2n) is 8.72. The summed E-state index contributed by atoms with van der Waals surface area (Å²) in [6.07, 6.45) is 0. The van der Waals surface area contributed by atoms with Crippen molar-refractivity contribution in [1.29, 1.82) is 0 Å². The number of benzene rings is 2. The maximum atomic E-state index is 12.8. The first-order valence-electron chi connectivity index (χ1n) is 9.73. The van der Waals surface area contributed by atoms with Crippen molar-refractivity contribution in [2.75, 3.05) is 0 Å². The van der Waals surface area contributed by atoms with E-state index in [0.717, 1.165) is 11.1 Å². The maximum absolute atomic E-state index is 12.8. The number of para-hydroxylation sites is 1. The van der Waals surface area contributed by atoms with Crippen molar-refractivity contribution in [3.63, 3.8) is 0 Å². The van der Waals surface area contributed by atoms with Gasteiger partial charge in [-0.05, 0) is 39.3 Å². The van der Waals surface area contributed by atoms with Gasteiger partial charge in [0.2, 0.25) is 0 Å². The van der Waals surface area contributed by atoms with Gasteiger partial charge in [-0.25, -0.2) is 0 Å². The molecule has 0 amide bonds. The SMILES string of the molecule is C[C@@H](B1OC(C)(C)C(C)(C)O1)[C@]1(c2ccccc2)NS(=O)(=O)Oc2ccccc21. The quantitative estimate of drug-likeness (QED) is 0.775. The fourth-order valence-electron chi connectivity index (χ4n) is 4.07. The number of hydrogen-bond donors (Lipinski definition) is 1. The number of nitrogens with one attached hydrogen (secondary N) is 1. The number of fused-ring (bicyclic) bond motifs is 1. The van der Waals surface area contributed by atoms with Crippen molar-refractivity contribution in [1.82, 2.24) is 4.72 Å². The molecule has 8 heteroatoms. The largest absolute Gasteiger partial charge is 0.463 e. The van der Waals surface area contributed by atoms with E-state index in [9.17, 15) is 8.42 Å².